The first kappa shape index (κ1) is 10.4. The van der Waals surface area contributed by atoms with Crippen molar-refractivity contribution in [2.24, 2.45) is 0 Å². The van der Waals surface area contributed by atoms with Crippen LogP contribution in [0.15, 0.2) is 49.2 Å². The van der Waals surface area contributed by atoms with Crippen LogP contribution >= 0.6 is 0 Å². The lowest BCUT2D eigenvalue weighted by molar-refractivity contribution is -0.115. The minimum absolute atomic E-state index is 0.0768. The number of hydrogen-bond donors (Lipinski definition) is 1. The molecular formula is C13H12N2O. The molecule has 0 fully saturated rings. The summed E-state index contributed by atoms with van der Waals surface area (Å²) in [4.78, 5) is 15.6. The third kappa shape index (κ3) is 2.25. The lowest BCUT2D eigenvalue weighted by Crippen LogP contribution is -2.09. The molecule has 0 saturated heterocycles. The Hall–Kier alpha value is -2.16. The number of fused-ring (bicyclic) bond motifs is 1. The van der Waals surface area contributed by atoms with Crippen LogP contribution in [0.4, 0.5) is 5.69 Å². The summed E-state index contributed by atoms with van der Waals surface area (Å²) >= 11 is 0. The van der Waals surface area contributed by atoms with Gasteiger partial charge in [0.25, 0.3) is 0 Å². The molecule has 1 heterocycles. The van der Waals surface area contributed by atoms with Crippen molar-refractivity contribution in [2.45, 2.75) is 6.42 Å². The first-order valence-corrected chi connectivity index (χ1v) is 5.05. The SMILES string of the molecule is C=CCC(=O)Nc1cnc2ccccc2c1. The average molecular weight is 212 g/mol. The van der Waals surface area contributed by atoms with E-state index in [9.17, 15) is 4.79 Å². The maximum Gasteiger partial charge on any atom is 0.228 e. The lowest BCUT2D eigenvalue weighted by Gasteiger charge is -2.04. The summed E-state index contributed by atoms with van der Waals surface area (Å²) in [5.74, 6) is -0.0768. The van der Waals surface area contributed by atoms with Gasteiger partial charge in [0.15, 0.2) is 0 Å². The number of benzene rings is 1. The van der Waals surface area contributed by atoms with Crippen molar-refractivity contribution in [3.63, 3.8) is 0 Å². The molecule has 3 nitrogen and oxygen atoms in total. The largest absolute Gasteiger partial charge is 0.324 e. The van der Waals surface area contributed by atoms with Gasteiger partial charge in [-0.1, -0.05) is 24.3 Å². The first-order chi connectivity index (χ1) is 7.79. The highest BCUT2D eigenvalue weighted by atomic mass is 16.1. The Balaban J connectivity index is 2.25. The van der Waals surface area contributed by atoms with Crippen LogP contribution in [0.1, 0.15) is 6.42 Å². The van der Waals surface area contributed by atoms with Gasteiger partial charge in [0.1, 0.15) is 0 Å². The van der Waals surface area contributed by atoms with Crippen LogP contribution in [-0.2, 0) is 4.79 Å². The summed E-state index contributed by atoms with van der Waals surface area (Å²) in [5.41, 5.74) is 1.63. The van der Waals surface area contributed by atoms with Crippen molar-refractivity contribution in [3.05, 3.63) is 49.2 Å². The zero-order chi connectivity index (χ0) is 11.4. The molecule has 0 bridgehead atoms. The minimum Gasteiger partial charge on any atom is -0.324 e. The summed E-state index contributed by atoms with van der Waals surface area (Å²) < 4.78 is 0. The molecule has 0 aliphatic carbocycles. The van der Waals surface area contributed by atoms with Gasteiger partial charge in [-0.25, -0.2) is 0 Å². The van der Waals surface area contributed by atoms with Gasteiger partial charge in [-0.05, 0) is 12.1 Å². The molecule has 16 heavy (non-hydrogen) atoms. The van der Waals surface area contributed by atoms with E-state index in [2.05, 4.69) is 16.9 Å². The van der Waals surface area contributed by atoms with E-state index in [-0.39, 0.29) is 5.91 Å². The highest BCUT2D eigenvalue weighted by Crippen LogP contribution is 2.15. The van der Waals surface area contributed by atoms with E-state index in [1.807, 2.05) is 30.3 Å². The molecular weight excluding hydrogens is 200 g/mol. The van der Waals surface area contributed by atoms with E-state index in [1.165, 1.54) is 0 Å². The second kappa shape index (κ2) is 4.57. The minimum atomic E-state index is -0.0768. The zero-order valence-corrected chi connectivity index (χ0v) is 8.81. The molecule has 1 aromatic carbocycles. The summed E-state index contributed by atoms with van der Waals surface area (Å²) in [6, 6.07) is 9.68. The number of hydrogen-bond acceptors (Lipinski definition) is 2. The van der Waals surface area contributed by atoms with Crippen molar-refractivity contribution < 1.29 is 4.79 Å². The Kier molecular flexibility index (Phi) is 2.96. The molecule has 1 amide bonds. The lowest BCUT2D eigenvalue weighted by atomic mass is 10.2. The van der Waals surface area contributed by atoms with E-state index in [4.69, 9.17) is 0 Å². The van der Waals surface area contributed by atoms with Crippen LogP contribution in [0.3, 0.4) is 0 Å². The monoisotopic (exact) mass is 212 g/mol. The standard InChI is InChI=1S/C13H12N2O/c1-2-5-13(16)15-11-8-10-6-3-4-7-12(10)14-9-11/h2-4,6-9H,1,5H2,(H,15,16). The zero-order valence-electron chi connectivity index (χ0n) is 8.81. The number of pyridine rings is 1. The van der Waals surface area contributed by atoms with E-state index >= 15 is 0 Å². The van der Waals surface area contributed by atoms with E-state index in [0.717, 1.165) is 10.9 Å². The molecule has 0 unspecified atom stereocenters. The Morgan fingerprint density at radius 2 is 2.25 bits per heavy atom. The van der Waals surface area contributed by atoms with Crippen molar-refractivity contribution in [3.8, 4) is 0 Å². The van der Waals surface area contributed by atoms with Crippen molar-refractivity contribution in [1.29, 1.82) is 0 Å². The van der Waals surface area contributed by atoms with E-state index in [0.29, 0.717) is 12.1 Å². The van der Waals surface area contributed by atoms with Crippen molar-refractivity contribution in [1.82, 2.24) is 4.98 Å². The van der Waals surface area contributed by atoms with Gasteiger partial charge in [0.05, 0.1) is 17.4 Å². The van der Waals surface area contributed by atoms with E-state index < -0.39 is 0 Å². The second-order valence-electron chi connectivity index (χ2n) is 3.46. The summed E-state index contributed by atoms with van der Waals surface area (Å²) in [7, 11) is 0. The van der Waals surface area contributed by atoms with Gasteiger partial charge >= 0.3 is 0 Å². The Labute approximate surface area is 93.8 Å². The predicted molar refractivity (Wildman–Crippen MR) is 65.2 cm³/mol. The van der Waals surface area contributed by atoms with Crippen LogP contribution in [0.5, 0.6) is 0 Å². The maximum atomic E-state index is 11.3. The van der Waals surface area contributed by atoms with Crippen LogP contribution in [0, 0.1) is 0 Å². The third-order valence-corrected chi connectivity index (χ3v) is 2.20. The van der Waals surface area contributed by atoms with Crippen molar-refractivity contribution >= 4 is 22.5 Å². The Morgan fingerprint density at radius 3 is 3.06 bits per heavy atom. The van der Waals surface area contributed by atoms with Gasteiger partial charge in [0, 0.05) is 11.8 Å². The molecule has 0 saturated carbocycles. The highest BCUT2D eigenvalue weighted by Gasteiger charge is 2.01. The normalized spacial score (nSPS) is 10.0. The number of anilines is 1. The number of nitrogens with one attached hydrogen (secondary N) is 1. The van der Waals surface area contributed by atoms with Crippen LogP contribution in [0.25, 0.3) is 10.9 Å². The molecule has 2 rings (SSSR count). The molecule has 0 atom stereocenters. The number of amides is 1. The highest BCUT2D eigenvalue weighted by molar-refractivity contribution is 5.93. The van der Waals surface area contributed by atoms with Crippen LogP contribution in [0.2, 0.25) is 0 Å². The predicted octanol–water partition coefficient (Wildman–Crippen LogP) is 2.75. The summed E-state index contributed by atoms with van der Waals surface area (Å²) in [6.07, 6.45) is 3.54. The maximum absolute atomic E-state index is 11.3. The topological polar surface area (TPSA) is 42.0 Å². The fraction of sp³-hybridized carbons (Fsp3) is 0.0769. The average Bonchev–Trinajstić information content (AvgIpc) is 2.29. The summed E-state index contributed by atoms with van der Waals surface area (Å²) in [6.45, 7) is 3.52. The molecule has 0 radical (unpaired) electrons. The molecule has 2 aromatic rings. The molecule has 1 N–H and O–H groups in total. The number of carbonyl (C=O) groups is 1. The summed E-state index contributed by atoms with van der Waals surface area (Å²) in [5, 5.41) is 3.78. The molecule has 1 aromatic heterocycles. The van der Waals surface area contributed by atoms with Gasteiger partial charge in [-0.3, -0.25) is 9.78 Å². The quantitative estimate of drug-likeness (QED) is 0.795. The van der Waals surface area contributed by atoms with Gasteiger partial charge in [-0.2, -0.15) is 0 Å². The van der Waals surface area contributed by atoms with Gasteiger partial charge < -0.3 is 5.32 Å². The van der Waals surface area contributed by atoms with Gasteiger partial charge in [0.2, 0.25) is 5.91 Å². The Bertz CT molecular complexity index is 534. The fourth-order valence-corrected chi connectivity index (χ4v) is 1.48. The van der Waals surface area contributed by atoms with Crippen LogP contribution in [-0.4, -0.2) is 10.9 Å². The molecule has 80 valence electrons. The third-order valence-electron chi connectivity index (χ3n) is 2.20. The van der Waals surface area contributed by atoms with Gasteiger partial charge in [-0.15, -0.1) is 6.58 Å². The molecule has 3 heteroatoms. The number of carbonyl (C=O) groups excluding carboxylic acids is 1. The Morgan fingerprint density at radius 1 is 1.44 bits per heavy atom. The van der Waals surface area contributed by atoms with Crippen molar-refractivity contribution in [2.75, 3.05) is 5.32 Å². The number of aromatic nitrogens is 1. The molecule has 0 aliphatic heterocycles. The fourth-order valence-electron chi connectivity index (χ4n) is 1.48. The molecule has 0 spiro atoms. The first-order valence-electron chi connectivity index (χ1n) is 5.05. The smallest absolute Gasteiger partial charge is 0.228 e. The number of nitrogens with zero attached hydrogens (tertiary/aromatic N) is 1. The number of rotatable bonds is 3. The van der Waals surface area contributed by atoms with E-state index in [1.54, 1.807) is 12.3 Å². The second-order valence-corrected chi connectivity index (χ2v) is 3.46. The number of para-hydroxylation sites is 1. The molecule has 0 aliphatic rings. The van der Waals surface area contributed by atoms with Crippen LogP contribution < -0.4 is 5.32 Å².